The van der Waals surface area contributed by atoms with Crippen LogP contribution in [0.15, 0.2) is 54.7 Å². The second-order valence-electron chi connectivity index (χ2n) is 6.63. The molecule has 7 heteroatoms. The number of carbonyl (C=O) groups is 3. The molecule has 0 bridgehead atoms. The van der Waals surface area contributed by atoms with Gasteiger partial charge >= 0.3 is 11.9 Å². The molecule has 0 aliphatic heterocycles. The van der Waals surface area contributed by atoms with E-state index in [0.717, 1.165) is 0 Å². The van der Waals surface area contributed by atoms with Crippen LogP contribution in [0.25, 0.3) is 0 Å². The van der Waals surface area contributed by atoms with Crippen LogP contribution in [0.5, 0.6) is 5.75 Å². The first-order valence-corrected chi connectivity index (χ1v) is 10.0. The second-order valence-corrected chi connectivity index (χ2v) is 6.63. The summed E-state index contributed by atoms with van der Waals surface area (Å²) in [6, 6.07) is 11.6. The molecule has 1 N–H and O–H groups in total. The van der Waals surface area contributed by atoms with Gasteiger partial charge in [0.05, 0.1) is 19.3 Å². The Morgan fingerprint density at radius 2 is 1.71 bits per heavy atom. The molecule has 2 aromatic carbocycles. The summed E-state index contributed by atoms with van der Waals surface area (Å²) >= 11 is 0. The molecule has 2 aromatic rings. The fourth-order valence-corrected chi connectivity index (χ4v) is 2.86. The molecule has 0 saturated carbocycles. The molecule has 0 fully saturated rings. The van der Waals surface area contributed by atoms with E-state index in [1.165, 1.54) is 7.11 Å². The number of nitrogens with one attached hydrogen (secondary N) is 1. The summed E-state index contributed by atoms with van der Waals surface area (Å²) in [6.07, 6.45) is 1.03. The number of anilines is 1. The maximum atomic E-state index is 12.6. The Kier molecular flexibility index (Phi) is 8.81. The number of carbonyl (C=O) groups excluding carboxylic acids is 3. The van der Waals surface area contributed by atoms with Crippen LogP contribution < -0.4 is 10.1 Å². The lowest BCUT2D eigenvalue weighted by Crippen LogP contribution is -2.16. The zero-order valence-electron chi connectivity index (χ0n) is 18.0. The van der Waals surface area contributed by atoms with E-state index in [2.05, 4.69) is 11.9 Å². The third-order valence-electron chi connectivity index (χ3n) is 4.43. The van der Waals surface area contributed by atoms with Crippen molar-refractivity contribution in [2.75, 3.05) is 19.0 Å². The number of hydrogen-bond donors (Lipinski definition) is 1. The first kappa shape index (κ1) is 23.7. The Hall–Kier alpha value is -3.61. The summed E-state index contributed by atoms with van der Waals surface area (Å²) in [5.41, 5.74) is 1.70. The van der Waals surface area contributed by atoms with Crippen molar-refractivity contribution in [2.24, 2.45) is 0 Å². The maximum absolute atomic E-state index is 12.6. The zero-order chi connectivity index (χ0) is 22.8. The monoisotopic (exact) mass is 425 g/mol. The molecular weight excluding hydrogens is 398 g/mol. The van der Waals surface area contributed by atoms with Crippen LogP contribution in [-0.4, -0.2) is 31.4 Å². The normalized spacial score (nSPS) is 10.2. The molecule has 0 amide bonds. The standard InChI is InChI=1S/C24H27NO6/c1-5-8-22(26)19-9-7-10-21(25-16(3)23(27)30-6-2)20(19)15-31-24(28)17-11-13-18(29-4)14-12-17/h7,9-14,25H,3,5-6,8,15H2,1-2,4H3. The van der Waals surface area contributed by atoms with Gasteiger partial charge in [0, 0.05) is 23.2 Å². The lowest BCUT2D eigenvalue weighted by atomic mass is 9.99. The van der Waals surface area contributed by atoms with Gasteiger partial charge in [-0.2, -0.15) is 0 Å². The minimum Gasteiger partial charge on any atom is -0.497 e. The van der Waals surface area contributed by atoms with Crippen molar-refractivity contribution in [1.29, 1.82) is 0 Å². The molecule has 31 heavy (non-hydrogen) atoms. The highest BCUT2D eigenvalue weighted by Gasteiger charge is 2.19. The van der Waals surface area contributed by atoms with Gasteiger partial charge in [-0.25, -0.2) is 9.59 Å². The SMILES string of the molecule is C=C(Nc1cccc(C(=O)CCC)c1COC(=O)c1ccc(OC)cc1)C(=O)OCC. The second kappa shape index (κ2) is 11.5. The Morgan fingerprint density at radius 3 is 2.32 bits per heavy atom. The van der Waals surface area contributed by atoms with E-state index < -0.39 is 11.9 Å². The molecule has 2 rings (SSSR count). The van der Waals surface area contributed by atoms with Gasteiger partial charge in [-0.05, 0) is 43.7 Å². The lowest BCUT2D eigenvalue weighted by molar-refractivity contribution is -0.138. The molecule has 0 aromatic heterocycles. The van der Waals surface area contributed by atoms with Crippen LogP contribution in [0, 0.1) is 0 Å². The smallest absolute Gasteiger partial charge is 0.354 e. The van der Waals surface area contributed by atoms with Crippen LogP contribution in [0.3, 0.4) is 0 Å². The summed E-state index contributed by atoms with van der Waals surface area (Å²) in [6.45, 7) is 7.34. The Bertz CT molecular complexity index is 949. The maximum Gasteiger partial charge on any atom is 0.354 e. The zero-order valence-corrected chi connectivity index (χ0v) is 18.0. The molecule has 164 valence electrons. The number of ether oxygens (including phenoxy) is 3. The summed E-state index contributed by atoms with van der Waals surface area (Å²) in [5, 5.41) is 2.88. The summed E-state index contributed by atoms with van der Waals surface area (Å²) in [5.74, 6) is -0.607. The van der Waals surface area contributed by atoms with Crippen molar-refractivity contribution in [1.82, 2.24) is 0 Å². The van der Waals surface area contributed by atoms with Gasteiger partial charge < -0.3 is 19.5 Å². The molecular formula is C24H27NO6. The van der Waals surface area contributed by atoms with Crippen LogP contribution in [0.4, 0.5) is 5.69 Å². The number of rotatable bonds is 11. The number of hydrogen-bond acceptors (Lipinski definition) is 7. The summed E-state index contributed by atoms with van der Waals surface area (Å²) in [4.78, 5) is 37.1. The molecule has 0 atom stereocenters. The number of methoxy groups -OCH3 is 1. The lowest BCUT2D eigenvalue weighted by Gasteiger charge is -2.17. The van der Waals surface area contributed by atoms with Gasteiger partial charge in [0.2, 0.25) is 0 Å². The molecule has 0 heterocycles. The molecule has 7 nitrogen and oxygen atoms in total. The minimum atomic E-state index is -0.603. The van der Waals surface area contributed by atoms with Crippen LogP contribution in [0.2, 0.25) is 0 Å². The summed E-state index contributed by atoms with van der Waals surface area (Å²) in [7, 11) is 1.54. The predicted octanol–water partition coefficient (Wildman–Crippen LogP) is 4.52. The van der Waals surface area contributed by atoms with Crippen molar-refractivity contribution in [3.63, 3.8) is 0 Å². The Morgan fingerprint density at radius 1 is 1.00 bits per heavy atom. The van der Waals surface area contributed by atoms with Crippen molar-refractivity contribution in [3.05, 3.63) is 71.4 Å². The third-order valence-corrected chi connectivity index (χ3v) is 4.43. The minimum absolute atomic E-state index is 0.0182. The number of esters is 2. The van der Waals surface area contributed by atoms with Crippen molar-refractivity contribution >= 4 is 23.4 Å². The molecule has 0 saturated heterocycles. The predicted molar refractivity (Wildman–Crippen MR) is 117 cm³/mol. The highest BCUT2D eigenvalue weighted by atomic mass is 16.5. The highest BCUT2D eigenvalue weighted by molar-refractivity contribution is 6.00. The Labute approximate surface area is 182 Å². The Balaban J connectivity index is 2.28. The van der Waals surface area contributed by atoms with Gasteiger partial charge in [0.15, 0.2) is 5.78 Å². The van der Waals surface area contributed by atoms with Gasteiger partial charge in [-0.15, -0.1) is 0 Å². The van der Waals surface area contributed by atoms with Crippen molar-refractivity contribution in [2.45, 2.75) is 33.3 Å². The van der Waals surface area contributed by atoms with Crippen LogP contribution >= 0.6 is 0 Å². The van der Waals surface area contributed by atoms with Crippen molar-refractivity contribution in [3.8, 4) is 5.75 Å². The van der Waals surface area contributed by atoms with Crippen molar-refractivity contribution < 1.29 is 28.6 Å². The summed E-state index contributed by atoms with van der Waals surface area (Å²) < 4.78 is 15.5. The van der Waals surface area contributed by atoms with Gasteiger partial charge in [-0.3, -0.25) is 4.79 Å². The number of benzene rings is 2. The average molecular weight is 425 g/mol. The molecule has 0 unspecified atom stereocenters. The molecule has 0 radical (unpaired) electrons. The largest absolute Gasteiger partial charge is 0.497 e. The van der Waals surface area contributed by atoms with Crippen LogP contribution in [-0.2, 0) is 20.9 Å². The van der Waals surface area contributed by atoms with E-state index in [0.29, 0.717) is 41.0 Å². The van der Waals surface area contributed by atoms with Gasteiger partial charge in [0.1, 0.15) is 18.1 Å². The molecule has 0 aliphatic carbocycles. The number of ketones is 1. The topological polar surface area (TPSA) is 90.9 Å². The van der Waals surface area contributed by atoms with Crippen LogP contribution in [0.1, 0.15) is 53.0 Å². The van der Waals surface area contributed by atoms with E-state index in [1.54, 1.807) is 49.4 Å². The fourth-order valence-electron chi connectivity index (χ4n) is 2.86. The van der Waals surface area contributed by atoms with Gasteiger partial charge in [-0.1, -0.05) is 25.6 Å². The first-order valence-electron chi connectivity index (χ1n) is 10.0. The van der Waals surface area contributed by atoms with E-state index >= 15 is 0 Å². The van der Waals surface area contributed by atoms with E-state index in [4.69, 9.17) is 14.2 Å². The van der Waals surface area contributed by atoms with Gasteiger partial charge in [0.25, 0.3) is 0 Å². The first-order chi connectivity index (χ1) is 14.9. The fraction of sp³-hybridized carbons (Fsp3) is 0.292. The van der Waals surface area contributed by atoms with E-state index in [-0.39, 0.29) is 24.7 Å². The quantitative estimate of drug-likeness (QED) is 0.321. The average Bonchev–Trinajstić information content (AvgIpc) is 2.78. The molecule has 0 spiro atoms. The third kappa shape index (κ3) is 6.44. The van der Waals surface area contributed by atoms with E-state index in [9.17, 15) is 14.4 Å². The molecule has 0 aliphatic rings. The highest BCUT2D eigenvalue weighted by Crippen LogP contribution is 2.25. The van der Waals surface area contributed by atoms with E-state index in [1.807, 2.05) is 6.92 Å². The number of Topliss-reactive ketones (excluding diaryl/α,β-unsaturated/α-hetero) is 1.